The maximum Gasteiger partial charge on any atom is 0.239 e. The molecular formula is C10H14N2O3S2. The lowest BCUT2D eigenvalue weighted by Gasteiger charge is -2.08. The Kier molecular flexibility index (Phi) is 4.86. The first kappa shape index (κ1) is 13.9. The normalized spacial score (nSPS) is 11.1. The van der Waals surface area contributed by atoms with E-state index in [2.05, 4.69) is 16.9 Å². The summed E-state index contributed by atoms with van der Waals surface area (Å²) in [6.45, 7) is 0.421. The number of methoxy groups -OCH3 is 1. The van der Waals surface area contributed by atoms with Crippen molar-refractivity contribution < 1.29 is 13.2 Å². The van der Waals surface area contributed by atoms with E-state index in [0.717, 1.165) is 5.56 Å². The van der Waals surface area contributed by atoms with Crippen molar-refractivity contribution in [2.75, 3.05) is 17.6 Å². The van der Waals surface area contributed by atoms with Crippen LogP contribution in [-0.2, 0) is 21.4 Å². The van der Waals surface area contributed by atoms with Crippen molar-refractivity contribution in [1.29, 1.82) is 0 Å². The molecule has 0 spiro atoms. The predicted octanol–water partition coefficient (Wildman–Crippen LogP) is 0.861. The zero-order valence-corrected chi connectivity index (χ0v) is 11.0. The van der Waals surface area contributed by atoms with Crippen LogP contribution in [0.1, 0.15) is 5.56 Å². The fourth-order valence-corrected chi connectivity index (χ4v) is 2.69. The van der Waals surface area contributed by atoms with Gasteiger partial charge in [0.25, 0.3) is 0 Å². The van der Waals surface area contributed by atoms with E-state index in [1.165, 1.54) is 0 Å². The summed E-state index contributed by atoms with van der Waals surface area (Å²) in [5.41, 5.74) is 6.55. The van der Waals surface area contributed by atoms with Crippen molar-refractivity contribution in [3.8, 4) is 0 Å². The van der Waals surface area contributed by atoms with Gasteiger partial charge in [-0.05, 0) is 17.7 Å². The molecule has 0 amide bonds. The van der Waals surface area contributed by atoms with Gasteiger partial charge in [0.05, 0.1) is 11.6 Å². The molecule has 1 rings (SSSR count). The number of benzene rings is 1. The number of nitrogens with two attached hydrogens (primary N) is 1. The van der Waals surface area contributed by atoms with Gasteiger partial charge in [-0.1, -0.05) is 24.4 Å². The highest BCUT2D eigenvalue weighted by atomic mass is 32.2. The van der Waals surface area contributed by atoms with Crippen LogP contribution in [0.4, 0.5) is 5.69 Å². The van der Waals surface area contributed by atoms with Crippen LogP contribution in [0.3, 0.4) is 0 Å². The molecule has 0 unspecified atom stereocenters. The third kappa shape index (κ3) is 5.12. The first-order chi connectivity index (χ1) is 7.93. The van der Waals surface area contributed by atoms with Crippen molar-refractivity contribution in [2.24, 2.45) is 5.73 Å². The summed E-state index contributed by atoms with van der Waals surface area (Å²) in [5, 5.41) is 0. The van der Waals surface area contributed by atoms with Gasteiger partial charge in [-0.2, -0.15) is 0 Å². The fourth-order valence-electron chi connectivity index (χ4n) is 1.29. The van der Waals surface area contributed by atoms with Crippen LogP contribution in [0.25, 0.3) is 0 Å². The molecule has 0 atom stereocenters. The van der Waals surface area contributed by atoms with Gasteiger partial charge < -0.3 is 10.5 Å². The van der Waals surface area contributed by atoms with Crippen LogP contribution in [0, 0.1) is 0 Å². The smallest absolute Gasteiger partial charge is 0.239 e. The highest BCUT2D eigenvalue weighted by Gasteiger charge is 2.11. The molecule has 94 valence electrons. The Bertz CT molecular complexity index is 500. The van der Waals surface area contributed by atoms with Gasteiger partial charge in [-0.15, -0.1) is 0 Å². The summed E-state index contributed by atoms with van der Waals surface area (Å²) in [6.07, 6.45) is 0. The Morgan fingerprint density at radius 3 is 2.82 bits per heavy atom. The second-order valence-corrected chi connectivity index (χ2v) is 5.71. The molecule has 0 radical (unpaired) electrons. The minimum Gasteiger partial charge on any atom is -0.392 e. The standard InChI is InChI=1S/C10H14N2O3S2/c1-15-6-8-3-2-4-9(5-8)12-17(13,14)7-10(11)16/h2-5,12H,6-7H2,1H3,(H2,11,16). The third-order valence-electron chi connectivity index (χ3n) is 1.84. The summed E-state index contributed by atoms with van der Waals surface area (Å²) in [7, 11) is -1.95. The third-order valence-corrected chi connectivity index (χ3v) is 3.41. The lowest BCUT2D eigenvalue weighted by molar-refractivity contribution is 0.185. The van der Waals surface area contributed by atoms with E-state index in [1.807, 2.05) is 6.07 Å². The van der Waals surface area contributed by atoms with Gasteiger partial charge in [0.1, 0.15) is 5.75 Å². The van der Waals surface area contributed by atoms with Crippen molar-refractivity contribution in [3.05, 3.63) is 29.8 Å². The van der Waals surface area contributed by atoms with Crippen LogP contribution >= 0.6 is 12.2 Å². The van der Waals surface area contributed by atoms with Gasteiger partial charge in [0.2, 0.25) is 10.0 Å². The zero-order valence-electron chi connectivity index (χ0n) is 9.34. The highest BCUT2D eigenvalue weighted by molar-refractivity contribution is 7.95. The van der Waals surface area contributed by atoms with Gasteiger partial charge >= 0.3 is 0 Å². The van der Waals surface area contributed by atoms with E-state index in [9.17, 15) is 8.42 Å². The molecule has 0 saturated carbocycles. The van der Waals surface area contributed by atoms with Crippen LogP contribution in [0.2, 0.25) is 0 Å². The van der Waals surface area contributed by atoms with Gasteiger partial charge in [-0.3, -0.25) is 4.72 Å². The molecule has 3 N–H and O–H groups in total. The average molecular weight is 274 g/mol. The van der Waals surface area contributed by atoms with Crippen LogP contribution in [-0.4, -0.2) is 26.3 Å². The van der Waals surface area contributed by atoms with E-state index in [1.54, 1.807) is 25.3 Å². The molecule has 0 aliphatic heterocycles. The van der Waals surface area contributed by atoms with Crippen molar-refractivity contribution in [3.63, 3.8) is 0 Å². The Hall–Kier alpha value is -1.18. The Balaban J connectivity index is 2.81. The molecule has 0 aliphatic carbocycles. The molecule has 0 heterocycles. The first-order valence-corrected chi connectivity index (χ1v) is 6.85. The quantitative estimate of drug-likeness (QED) is 0.752. The first-order valence-electron chi connectivity index (χ1n) is 4.79. The maximum absolute atomic E-state index is 11.6. The number of sulfonamides is 1. The van der Waals surface area contributed by atoms with E-state index in [-0.39, 0.29) is 10.7 Å². The van der Waals surface area contributed by atoms with Gasteiger partial charge in [-0.25, -0.2) is 8.42 Å². The Labute approximate surface area is 106 Å². The number of nitrogens with one attached hydrogen (secondary N) is 1. The van der Waals surface area contributed by atoms with E-state index >= 15 is 0 Å². The van der Waals surface area contributed by atoms with Crippen molar-refractivity contribution >= 4 is 32.9 Å². The lowest BCUT2D eigenvalue weighted by atomic mass is 10.2. The molecule has 0 saturated heterocycles. The minimum atomic E-state index is -3.52. The number of hydrogen-bond acceptors (Lipinski definition) is 4. The lowest BCUT2D eigenvalue weighted by Crippen LogP contribution is -2.26. The number of thiocarbonyl (C=S) groups is 1. The van der Waals surface area contributed by atoms with Crippen LogP contribution in [0.5, 0.6) is 0 Å². The summed E-state index contributed by atoms with van der Waals surface area (Å²) < 4.78 is 30.5. The molecule has 0 fully saturated rings. The van der Waals surface area contributed by atoms with Gasteiger partial charge in [0, 0.05) is 12.8 Å². The molecule has 1 aromatic rings. The molecule has 0 bridgehead atoms. The minimum absolute atomic E-state index is 0.0643. The molecule has 5 nitrogen and oxygen atoms in total. The average Bonchev–Trinajstić information content (AvgIpc) is 2.15. The van der Waals surface area contributed by atoms with Crippen molar-refractivity contribution in [2.45, 2.75) is 6.61 Å². The highest BCUT2D eigenvalue weighted by Crippen LogP contribution is 2.13. The molecule has 0 aromatic heterocycles. The molecule has 17 heavy (non-hydrogen) atoms. The largest absolute Gasteiger partial charge is 0.392 e. The topological polar surface area (TPSA) is 81.4 Å². The SMILES string of the molecule is COCc1cccc(NS(=O)(=O)CC(N)=S)c1. The number of rotatable bonds is 6. The summed E-state index contributed by atoms with van der Waals surface area (Å²) in [6, 6.07) is 6.93. The Morgan fingerprint density at radius 1 is 1.53 bits per heavy atom. The molecule has 7 heteroatoms. The zero-order chi connectivity index (χ0) is 12.9. The molecular weight excluding hydrogens is 260 g/mol. The van der Waals surface area contributed by atoms with E-state index in [0.29, 0.717) is 12.3 Å². The summed E-state index contributed by atoms with van der Waals surface area (Å²) in [5.74, 6) is -0.364. The predicted molar refractivity (Wildman–Crippen MR) is 71.3 cm³/mol. The van der Waals surface area contributed by atoms with E-state index in [4.69, 9.17) is 10.5 Å². The van der Waals surface area contributed by atoms with Gasteiger partial charge in [0.15, 0.2) is 0 Å². The maximum atomic E-state index is 11.6. The number of anilines is 1. The monoisotopic (exact) mass is 274 g/mol. The second-order valence-electron chi connectivity index (χ2n) is 3.46. The van der Waals surface area contributed by atoms with Crippen molar-refractivity contribution in [1.82, 2.24) is 0 Å². The molecule has 1 aromatic carbocycles. The fraction of sp³-hybridized carbons (Fsp3) is 0.300. The Morgan fingerprint density at radius 2 is 2.24 bits per heavy atom. The van der Waals surface area contributed by atoms with E-state index < -0.39 is 10.0 Å². The second kappa shape index (κ2) is 5.95. The summed E-state index contributed by atoms with van der Waals surface area (Å²) in [4.78, 5) is -0.0643. The number of ether oxygens (including phenoxy) is 1. The number of hydrogen-bond donors (Lipinski definition) is 2. The van der Waals surface area contributed by atoms with Crippen LogP contribution < -0.4 is 10.5 Å². The van der Waals surface area contributed by atoms with Crippen LogP contribution in [0.15, 0.2) is 24.3 Å². The summed E-state index contributed by atoms with van der Waals surface area (Å²) >= 11 is 4.57. The molecule has 0 aliphatic rings.